The molecular formula is C12H17N. The van der Waals surface area contributed by atoms with Crippen LogP contribution < -0.4 is 5.32 Å². The van der Waals surface area contributed by atoms with Crippen molar-refractivity contribution in [2.45, 2.75) is 19.9 Å². The van der Waals surface area contributed by atoms with Gasteiger partial charge in [-0.25, -0.2) is 0 Å². The summed E-state index contributed by atoms with van der Waals surface area (Å²) in [5, 5.41) is 3.16. The van der Waals surface area contributed by atoms with Crippen LogP contribution in [0.3, 0.4) is 0 Å². The van der Waals surface area contributed by atoms with Crippen molar-refractivity contribution in [3.8, 4) is 0 Å². The van der Waals surface area contributed by atoms with Gasteiger partial charge >= 0.3 is 0 Å². The zero-order chi connectivity index (χ0) is 9.68. The Kier molecular flexibility index (Phi) is 3.71. The van der Waals surface area contributed by atoms with Crippen molar-refractivity contribution >= 4 is 6.08 Å². The molecule has 0 fully saturated rings. The average molecular weight is 175 g/mol. The fourth-order valence-electron chi connectivity index (χ4n) is 1.13. The quantitative estimate of drug-likeness (QED) is 0.744. The molecule has 0 aliphatic rings. The van der Waals surface area contributed by atoms with E-state index in [2.05, 4.69) is 55.6 Å². The fraction of sp³-hybridized carbons (Fsp3) is 0.333. The molecule has 1 unspecified atom stereocenters. The van der Waals surface area contributed by atoms with Crippen molar-refractivity contribution in [1.29, 1.82) is 0 Å². The molecule has 0 heterocycles. The Labute approximate surface area is 80.5 Å². The van der Waals surface area contributed by atoms with Gasteiger partial charge in [0.2, 0.25) is 0 Å². The lowest BCUT2D eigenvalue weighted by Gasteiger charge is -2.02. The highest BCUT2D eigenvalue weighted by atomic mass is 14.8. The third-order valence-corrected chi connectivity index (χ3v) is 2.07. The summed E-state index contributed by atoms with van der Waals surface area (Å²) in [5.74, 6) is 0. The van der Waals surface area contributed by atoms with Crippen molar-refractivity contribution in [2.75, 3.05) is 7.05 Å². The maximum atomic E-state index is 3.16. The van der Waals surface area contributed by atoms with Crippen LogP contribution in [-0.2, 0) is 0 Å². The Hall–Kier alpha value is -1.08. The van der Waals surface area contributed by atoms with Gasteiger partial charge in [-0.3, -0.25) is 0 Å². The summed E-state index contributed by atoms with van der Waals surface area (Å²) in [7, 11) is 1.96. The summed E-state index contributed by atoms with van der Waals surface area (Å²) in [4.78, 5) is 0. The van der Waals surface area contributed by atoms with E-state index in [4.69, 9.17) is 0 Å². The lowest BCUT2D eigenvalue weighted by atomic mass is 10.1. The van der Waals surface area contributed by atoms with E-state index in [1.165, 1.54) is 11.1 Å². The van der Waals surface area contributed by atoms with Crippen LogP contribution in [0.2, 0.25) is 0 Å². The molecule has 1 aromatic rings. The van der Waals surface area contributed by atoms with E-state index in [0.29, 0.717) is 6.04 Å². The summed E-state index contributed by atoms with van der Waals surface area (Å²) in [5.41, 5.74) is 2.57. The molecule has 0 aliphatic heterocycles. The molecule has 1 nitrogen and oxygen atoms in total. The van der Waals surface area contributed by atoms with E-state index >= 15 is 0 Å². The second kappa shape index (κ2) is 4.83. The molecule has 1 aromatic carbocycles. The molecule has 1 rings (SSSR count). The summed E-state index contributed by atoms with van der Waals surface area (Å²) in [6.07, 6.45) is 4.31. The summed E-state index contributed by atoms with van der Waals surface area (Å²) >= 11 is 0. The molecule has 0 saturated carbocycles. The maximum Gasteiger partial charge on any atom is 0.0221 e. The number of aryl methyl sites for hydroxylation is 1. The monoisotopic (exact) mass is 175 g/mol. The molecule has 1 N–H and O–H groups in total. The normalized spacial score (nSPS) is 13.5. The van der Waals surface area contributed by atoms with Crippen LogP contribution in [0.15, 0.2) is 30.3 Å². The number of likely N-dealkylation sites (N-methyl/N-ethyl adjacent to an activating group) is 1. The fourth-order valence-corrected chi connectivity index (χ4v) is 1.13. The summed E-state index contributed by atoms with van der Waals surface area (Å²) < 4.78 is 0. The van der Waals surface area contributed by atoms with Crippen LogP contribution >= 0.6 is 0 Å². The van der Waals surface area contributed by atoms with Gasteiger partial charge in [-0.05, 0) is 26.5 Å². The van der Waals surface area contributed by atoms with E-state index in [1.807, 2.05) is 7.05 Å². The lowest BCUT2D eigenvalue weighted by Crippen LogP contribution is -2.17. The Balaban J connectivity index is 2.68. The van der Waals surface area contributed by atoms with Gasteiger partial charge in [0, 0.05) is 6.04 Å². The highest BCUT2D eigenvalue weighted by molar-refractivity contribution is 5.50. The molecule has 0 saturated heterocycles. The first kappa shape index (κ1) is 10.0. The first-order chi connectivity index (χ1) is 6.22. The van der Waals surface area contributed by atoms with Gasteiger partial charge in [0.1, 0.15) is 0 Å². The number of rotatable bonds is 3. The van der Waals surface area contributed by atoms with Crippen molar-refractivity contribution in [2.24, 2.45) is 0 Å². The van der Waals surface area contributed by atoms with Gasteiger partial charge in [0.05, 0.1) is 0 Å². The van der Waals surface area contributed by atoms with Crippen LogP contribution in [0.4, 0.5) is 0 Å². The minimum Gasteiger partial charge on any atom is -0.314 e. The first-order valence-corrected chi connectivity index (χ1v) is 4.64. The predicted molar refractivity (Wildman–Crippen MR) is 58.7 cm³/mol. The third-order valence-electron chi connectivity index (χ3n) is 2.07. The molecule has 1 atom stereocenters. The topological polar surface area (TPSA) is 12.0 Å². The van der Waals surface area contributed by atoms with E-state index in [9.17, 15) is 0 Å². The van der Waals surface area contributed by atoms with E-state index in [-0.39, 0.29) is 0 Å². The second-order valence-corrected chi connectivity index (χ2v) is 3.35. The zero-order valence-corrected chi connectivity index (χ0v) is 8.54. The highest BCUT2D eigenvalue weighted by Crippen LogP contribution is 2.06. The molecule has 0 bridgehead atoms. The zero-order valence-electron chi connectivity index (χ0n) is 8.54. The Morgan fingerprint density at radius 2 is 2.15 bits per heavy atom. The van der Waals surface area contributed by atoms with Gasteiger partial charge < -0.3 is 5.32 Å². The molecular weight excluding hydrogens is 158 g/mol. The minimum atomic E-state index is 0.431. The van der Waals surface area contributed by atoms with Crippen molar-refractivity contribution < 1.29 is 0 Å². The average Bonchev–Trinajstić information content (AvgIpc) is 2.14. The van der Waals surface area contributed by atoms with Gasteiger partial charge in [-0.15, -0.1) is 0 Å². The molecule has 0 spiro atoms. The van der Waals surface area contributed by atoms with Gasteiger partial charge in [-0.2, -0.15) is 0 Å². The van der Waals surface area contributed by atoms with Crippen LogP contribution in [0.25, 0.3) is 6.08 Å². The van der Waals surface area contributed by atoms with Crippen molar-refractivity contribution in [3.05, 3.63) is 41.5 Å². The van der Waals surface area contributed by atoms with Crippen LogP contribution in [0.5, 0.6) is 0 Å². The predicted octanol–water partition coefficient (Wildman–Crippen LogP) is 2.62. The maximum absolute atomic E-state index is 3.16. The third kappa shape index (κ3) is 3.43. The second-order valence-electron chi connectivity index (χ2n) is 3.35. The highest BCUT2D eigenvalue weighted by Gasteiger charge is 1.90. The summed E-state index contributed by atoms with van der Waals surface area (Å²) in [6, 6.07) is 8.92. The molecule has 1 heteroatoms. The van der Waals surface area contributed by atoms with E-state index < -0.39 is 0 Å². The van der Waals surface area contributed by atoms with E-state index in [1.54, 1.807) is 0 Å². The minimum absolute atomic E-state index is 0.431. The molecule has 0 radical (unpaired) electrons. The van der Waals surface area contributed by atoms with Gasteiger partial charge in [-0.1, -0.05) is 42.0 Å². The van der Waals surface area contributed by atoms with Gasteiger partial charge in [0.15, 0.2) is 0 Å². The lowest BCUT2D eigenvalue weighted by molar-refractivity contribution is 0.731. The van der Waals surface area contributed by atoms with Gasteiger partial charge in [0.25, 0.3) is 0 Å². The smallest absolute Gasteiger partial charge is 0.0221 e. The SMILES string of the molecule is CNC(C)/C=C/c1cccc(C)c1. The molecule has 13 heavy (non-hydrogen) atoms. The number of benzene rings is 1. The van der Waals surface area contributed by atoms with Crippen LogP contribution in [0, 0.1) is 6.92 Å². The molecule has 0 aromatic heterocycles. The standard InChI is InChI=1S/C12H17N/c1-10-5-4-6-12(9-10)8-7-11(2)13-3/h4-9,11,13H,1-3H3/b8-7+. The molecule has 70 valence electrons. The largest absolute Gasteiger partial charge is 0.314 e. The van der Waals surface area contributed by atoms with Crippen LogP contribution in [0.1, 0.15) is 18.1 Å². The number of nitrogens with one attached hydrogen (secondary N) is 1. The summed E-state index contributed by atoms with van der Waals surface area (Å²) in [6.45, 7) is 4.24. The number of hydrogen-bond acceptors (Lipinski definition) is 1. The molecule has 0 amide bonds. The Morgan fingerprint density at radius 1 is 1.38 bits per heavy atom. The van der Waals surface area contributed by atoms with E-state index in [0.717, 1.165) is 0 Å². The first-order valence-electron chi connectivity index (χ1n) is 4.64. The molecule has 0 aliphatic carbocycles. The van der Waals surface area contributed by atoms with Crippen LogP contribution in [-0.4, -0.2) is 13.1 Å². The van der Waals surface area contributed by atoms with Crippen molar-refractivity contribution in [1.82, 2.24) is 5.32 Å². The number of hydrogen-bond donors (Lipinski definition) is 1. The van der Waals surface area contributed by atoms with Crippen molar-refractivity contribution in [3.63, 3.8) is 0 Å². The Bertz CT molecular complexity index is 289. The Morgan fingerprint density at radius 3 is 2.77 bits per heavy atom.